The number of ether oxygens (including phenoxy) is 1. The largest absolute Gasteiger partial charge is 0.478 e. The van der Waals surface area contributed by atoms with Crippen LogP contribution < -0.4 is 4.74 Å². The summed E-state index contributed by atoms with van der Waals surface area (Å²) in [7, 11) is 0. The summed E-state index contributed by atoms with van der Waals surface area (Å²) < 4.78 is 44.4. The molecule has 146 valence electrons. The topological polar surface area (TPSA) is 77.2 Å². The van der Waals surface area contributed by atoms with Crippen molar-refractivity contribution in [3.63, 3.8) is 0 Å². The van der Waals surface area contributed by atoms with E-state index in [1.54, 1.807) is 0 Å². The third-order valence-electron chi connectivity index (χ3n) is 4.20. The van der Waals surface area contributed by atoms with E-state index in [0.717, 1.165) is 0 Å². The maximum absolute atomic E-state index is 12.6. The number of carbonyl (C=O) groups is 1. The van der Waals surface area contributed by atoms with Gasteiger partial charge in [0.05, 0.1) is 11.5 Å². The number of halogens is 4. The number of aromatic carboxylic acids is 1. The molecular formula is C17H17ClF3N3O3. The van der Waals surface area contributed by atoms with Gasteiger partial charge in [0.25, 0.3) is 0 Å². The van der Waals surface area contributed by atoms with E-state index in [9.17, 15) is 23.1 Å². The molecule has 0 radical (unpaired) electrons. The maximum Gasteiger partial charge on any atom is 0.395 e. The number of pyridine rings is 1. The Morgan fingerprint density at radius 3 is 2.56 bits per heavy atom. The van der Waals surface area contributed by atoms with Crippen molar-refractivity contribution in [3.8, 4) is 11.7 Å². The predicted octanol–water partition coefficient (Wildman–Crippen LogP) is 4.25. The molecule has 6 nitrogen and oxygen atoms in total. The Balaban J connectivity index is 1.92. The molecule has 1 N–H and O–H groups in total. The number of nitrogens with zero attached hydrogens (tertiary/aromatic N) is 3. The maximum atomic E-state index is 12.6. The molecule has 27 heavy (non-hydrogen) atoms. The first-order valence-corrected chi connectivity index (χ1v) is 8.49. The molecule has 0 aliphatic heterocycles. The summed E-state index contributed by atoms with van der Waals surface area (Å²) in [6.45, 7) is 5.60. The van der Waals surface area contributed by atoms with Gasteiger partial charge in [0, 0.05) is 17.8 Å². The minimum atomic E-state index is -4.28. The average molecular weight is 404 g/mol. The zero-order chi connectivity index (χ0) is 20.1. The van der Waals surface area contributed by atoms with Gasteiger partial charge in [-0.05, 0) is 17.9 Å². The van der Waals surface area contributed by atoms with E-state index in [-0.39, 0.29) is 28.8 Å². The Labute approximate surface area is 157 Å². The lowest BCUT2D eigenvalue weighted by Gasteiger charge is -2.22. The van der Waals surface area contributed by atoms with Gasteiger partial charge in [0.2, 0.25) is 5.88 Å². The number of hydrogen-bond acceptors (Lipinski definition) is 4. The van der Waals surface area contributed by atoms with Crippen molar-refractivity contribution in [2.75, 3.05) is 0 Å². The van der Waals surface area contributed by atoms with E-state index >= 15 is 0 Å². The van der Waals surface area contributed by atoms with Gasteiger partial charge in [-0.25, -0.2) is 14.5 Å². The molecule has 2 aromatic rings. The number of rotatable bonds is 4. The second-order valence-electron chi connectivity index (χ2n) is 7.39. The van der Waals surface area contributed by atoms with Crippen LogP contribution in [0.4, 0.5) is 13.2 Å². The van der Waals surface area contributed by atoms with E-state index in [0.29, 0.717) is 5.56 Å². The zero-order valence-electron chi connectivity index (χ0n) is 14.7. The zero-order valence-corrected chi connectivity index (χ0v) is 15.5. The summed E-state index contributed by atoms with van der Waals surface area (Å²) in [6, 6.07) is 2.86. The summed E-state index contributed by atoms with van der Waals surface area (Å²) in [5.74, 6) is -2.36. The molecule has 1 aliphatic carbocycles. The lowest BCUT2D eigenvalue weighted by atomic mass is 9.86. The molecule has 0 amide bonds. The van der Waals surface area contributed by atoms with Crippen LogP contribution in [0.2, 0.25) is 5.15 Å². The van der Waals surface area contributed by atoms with Crippen molar-refractivity contribution >= 4 is 17.6 Å². The Kier molecular flexibility index (Phi) is 4.62. The second kappa shape index (κ2) is 6.40. The normalized spacial score (nSPS) is 19.8. The molecule has 2 heterocycles. The van der Waals surface area contributed by atoms with Crippen molar-refractivity contribution in [2.24, 2.45) is 5.92 Å². The summed E-state index contributed by atoms with van der Waals surface area (Å²) in [4.78, 5) is 15.5. The van der Waals surface area contributed by atoms with Gasteiger partial charge in [-0.1, -0.05) is 32.4 Å². The average Bonchev–Trinajstić information content (AvgIpc) is 3.14. The molecule has 0 spiro atoms. The fraction of sp³-hybridized carbons (Fsp3) is 0.471. The van der Waals surface area contributed by atoms with Crippen LogP contribution in [0.15, 0.2) is 18.3 Å². The van der Waals surface area contributed by atoms with Gasteiger partial charge in [0.1, 0.15) is 11.3 Å². The number of aromatic nitrogens is 3. The van der Waals surface area contributed by atoms with E-state index in [2.05, 4.69) is 10.1 Å². The molecule has 0 unspecified atom stereocenters. The van der Waals surface area contributed by atoms with Crippen LogP contribution >= 0.6 is 11.6 Å². The molecule has 1 saturated carbocycles. The first kappa shape index (κ1) is 19.5. The summed E-state index contributed by atoms with van der Waals surface area (Å²) in [6.07, 6.45) is -3.84. The van der Waals surface area contributed by atoms with Crippen molar-refractivity contribution < 1.29 is 27.8 Å². The summed E-state index contributed by atoms with van der Waals surface area (Å²) >= 11 is 5.98. The first-order chi connectivity index (χ1) is 12.4. The van der Waals surface area contributed by atoms with Crippen LogP contribution in [-0.2, 0) is 5.41 Å². The minimum Gasteiger partial charge on any atom is -0.478 e. The van der Waals surface area contributed by atoms with Crippen molar-refractivity contribution in [1.82, 2.24) is 14.8 Å². The molecule has 2 atom stereocenters. The quantitative estimate of drug-likeness (QED) is 0.772. The van der Waals surface area contributed by atoms with Gasteiger partial charge < -0.3 is 9.84 Å². The van der Waals surface area contributed by atoms with E-state index in [4.69, 9.17) is 16.3 Å². The van der Waals surface area contributed by atoms with Crippen molar-refractivity contribution in [3.05, 3.63) is 34.6 Å². The smallest absolute Gasteiger partial charge is 0.395 e. The van der Waals surface area contributed by atoms with Crippen molar-refractivity contribution in [1.29, 1.82) is 0 Å². The third-order valence-corrected chi connectivity index (χ3v) is 4.49. The molecule has 0 bridgehead atoms. The fourth-order valence-corrected chi connectivity index (χ4v) is 2.86. The van der Waals surface area contributed by atoms with Gasteiger partial charge in [-0.3, -0.25) is 0 Å². The van der Waals surface area contributed by atoms with Gasteiger partial charge in [-0.2, -0.15) is 13.2 Å². The lowest BCUT2D eigenvalue weighted by molar-refractivity contribution is -0.153. The molecular weight excluding hydrogens is 387 g/mol. The standard InChI is InChI=1S/C17H17ClF3N3O3/c1-16(2,3)10-6-8(15(25)26)13(18)22-14(10)24-5-4-12(23-24)27-11-7-9(11)17(19,20)21/h4-6,9,11H,7H2,1-3H3,(H,25,26)/t9-,11+/m0/s1. The van der Waals surface area contributed by atoms with Crippen LogP contribution in [0.3, 0.4) is 0 Å². The van der Waals surface area contributed by atoms with Crippen LogP contribution in [0.5, 0.6) is 5.88 Å². The van der Waals surface area contributed by atoms with E-state index in [1.807, 2.05) is 20.8 Å². The SMILES string of the molecule is CC(C)(C)c1cc(C(=O)O)c(Cl)nc1-n1ccc(O[C@@H]2C[C@@H]2C(F)(F)F)n1. The molecule has 0 saturated heterocycles. The lowest BCUT2D eigenvalue weighted by Crippen LogP contribution is -2.19. The highest BCUT2D eigenvalue weighted by Gasteiger charge is 2.58. The van der Waals surface area contributed by atoms with Gasteiger partial charge in [0.15, 0.2) is 5.82 Å². The number of alkyl halides is 3. The first-order valence-electron chi connectivity index (χ1n) is 8.11. The van der Waals surface area contributed by atoms with Crippen LogP contribution in [0.25, 0.3) is 5.82 Å². The summed E-state index contributed by atoms with van der Waals surface area (Å²) in [5.41, 5.74) is -0.0550. The molecule has 1 fully saturated rings. The fourth-order valence-electron chi connectivity index (χ4n) is 2.65. The highest BCUT2D eigenvalue weighted by Crippen LogP contribution is 2.46. The highest BCUT2D eigenvalue weighted by molar-refractivity contribution is 6.32. The number of carboxylic acid groups (broad SMARTS) is 1. The third kappa shape index (κ3) is 4.02. The Bertz CT molecular complexity index is 890. The molecule has 2 aromatic heterocycles. The Morgan fingerprint density at radius 1 is 1.37 bits per heavy atom. The Hall–Kier alpha value is -2.29. The van der Waals surface area contributed by atoms with Crippen LogP contribution in [0, 0.1) is 5.92 Å². The molecule has 3 rings (SSSR count). The molecule has 10 heteroatoms. The highest BCUT2D eigenvalue weighted by atomic mass is 35.5. The van der Waals surface area contributed by atoms with Crippen LogP contribution in [0.1, 0.15) is 43.1 Å². The van der Waals surface area contributed by atoms with Gasteiger partial charge >= 0.3 is 12.1 Å². The van der Waals surface area contributed by atoms with Gasteiger partial charge in [-0.15, -0.1) is 5.10 Å². The minimum absolute atomic E-state index is 0.0341. The van der Waals surface area contributed by atoms with E-state index in [1.165, 1.54) is 23.0 Å². The van der Waals surface area contributed by atoms with Crippen molar-refractivity contribution in [2.45, 2.75) is 44.9 Å². The number of carboxylic acids is 1. The molecule has 0 aromatic carbocycles. The van der Waals surface area contributed by atoms with E-state index < -0.39 is 29.6 Å². The predicted molar refractivity (Wildman–Crippen MR) is 90.6 cm³/mol. The summed E-state index contributed by atoms with van der Waals surface area (Å²) in [5, 5.41) is 13.2. The molecule has 1 aliphatic rings. The monoisotopic (exact) mass is 403 g/mol. The number of hydrogen-bond donors (Lipinski definition) is 1. The Morgan fingerprint density at radius 2 is 2.04 bits per heavy atom. The van der Waals surface area contributed by atoms with Crippen LogP contribution in [-0.4, -0.2) is 38.1 Å². The second-order valence-corrected chi connectivity index (χ2v) is 7.75.